The topological polar surface area (TPSA) is 157 Å². The van der Waals surface area contributed by atoms with Crippen molar-refractivity contribution in [1.82, 2.24) is 31.1 Å². The minimum absolute atomic E-state index is 0.00997. The second kappa shape index (κ2) is 22.5. The zero-order valence-electron chi connectivity index (χ0n) is 36.3. The second-order valence-corrected chi connectivity index (χ2v) is 16.7. The number of hydrogen-bond acceptors (Lipinski definition) is 6. The molecular weight excluding hydrogens is 824 g/mol. The third-order valence-electron chi connectivity index (χ3n) is 12.2. The molecule has 5 aromatic carbocycles. The van der Waals surface area contributed by atoms with Crippen LogP contribution in [-0.4, -0.2) is 97.6 Å². The number of carbonyl (C=O) groups is 6. The van der Waals surface area contributed by atoms with E-state index in [1.807, 2.05) is 91.0 Å². The van der Waals surface area contributed by atoms with Crippen molar-refractivity contribution in [2.24, 2.45) is 23.7 Å². The summed E-state index contributed by atoms with van der Waals surface area (Å²) >= 11 is 0. The van der Waals surface area contributed by atoms with Crippen LogP contribution in [-0.2, 0) is 44.9 Å². The Morgan fingerprint density at radius 3 is 0.923 bits per heavy atom. The van der Waals surface area contributed by atoms with E-state index in [2.05, 4.69) is 21.3 Å². The second-order valence-electron chi connectivity index (χ2n) is 16.7. The molecule has 0 saturated carbocycles. The molecule has 65 heavy (non-hydrogen) atoms. The zero-order valence-corrected chi connectivity index (χ0v) is 36.3. The molecule has 2 fully saturated rings. The summed E-state index contributed by atoms with van der Waals surface area (Å²) in [6, 6.07) is 41.4. The van der Waals surface area contributed by atoms with Crippen molar-refractivity contribution in [3.05, 3.63) is 179 Å². The Labute approximate surface area is 379 Å². The molecule has 0 aromatic heterocycles. The third-order valence-corrected chi connectivity index (χ3v) is 12.2. The van der Waals surface area contributed by atoms with E-state index in [-0.39, 0.29) is 79.2 Å². The third kappa shape index (κ3) is 12.5. The van der Waals surface area contributed by atoms with Gasteiger partial charge in [-0.1, -0.05) is 103 Å². The Bertz CT molecular complexity index is 2340. The first-order chi connectivity index (χ1) is 31.6. The molecule has 4 N–H and O–H groups in total. The van der Waals surface area contributed by atoms with Crippen LogP contribution >= 0.6 is 0 Å². The average molecular weight is 879 g/mol. The van der Waals surface area contributed by atoms with Gasteiger partial charge in [-0.25, -0.2) is 4.39 Å². The molecule has 12 nitrogen and oxygen atoms in total. The van der Waals surface area contributed by atoms with Crippen LogP contribution in [0, 0.1) is 29.5 Å². The minimum atomic E-state index is -0.813. The lowest BCUT2D eigenvalue weighted by Gasteiger charge is -2.18. The largest absolute Gasteiger partial charge is 0.355 e. The van der Waals surface area contributed by atoms with Crippen LogP contribution in [0.2, 0.25) is 0 Å². The summed E-state index contributed by atoms with van der Waals surface area (Å²) in [5.74, 6) is -5.55. The van der Waals surface area contributed by atoms with Gasteiger partial charge in [-0.2, -0.15) is 0 Å². The molecule has 5 aromatic rings. The van der Waals surface area contributed by atoms with Crippen LogP contribution in [0.3, 0.4) is 0 Å². The maximum absolute atomic E-state index is 14.0. The maximum Gasteiger partial charge on any atom is 0.253 e. The molecule has 336 valence electrons. The predicted molar refractivity (Wildman–Crippen MR) is 245 cm³/mol. The number of benzene rings is 5. The van der Waals surface area contributed by atoms with Crippen LogP contribution < -0.4 is 21.3 Å². The van der Waals surface area contributed by atoms with Crippen molar-refractivity contribution in [2.45, 2.75) is 25.7 Å². The molecular formula is C52H55FN6O6. The number of carbonyl (C=O) groups excluding carboxylic acids is 6. The summed E-state index contributed by atoms with van der Waals surface area (Å²) in [6.07, 6.45) is 2.30. The standard InChI is InChI=1S/C52H55FN6O6/c53-42-22-16-39(17-23-42)27-31-57-50(63)46-35-59(34-45(46)49(62)56-30-26-38-14-8-3-9-15-38)52(65)41-20-18-40(19-21-41)51(64)58-32-43(47(60)54-28-24-36-10-4-1-5-11-36)44(33-58)48(61)55-29-25-37-12-6-2-7-13-37/h1-23,43-46H,24-35H2,(H,54,60)(H,55,61)(H,56,62)(H,57,63)/t43-,44-,45-,46-/m0/s1. The van der Waals surface area contributed by atoms with Crippen molar-refractivity contribution in [3.8, 4) is 0 Å². The molecule has 2 aliphatic rings. The maximum atomic E-state index is 14.0. The van der Waals surface area contributed by atoms with E-state index in [1.165, 1.54) is 34.1 Å². The van der Waals surface area contributed by atoms with Crippen LogP contribution in [0.1, 0.15) is 43.0 Å². The first-order valence-corrected chi connectivity index (χ1v) is 22.3. The van der Waals surface area contributed by atoms with Crippen molar-refractivity contribution >= 4 is 35.4 Å². The number of hydrogen-bond donors (Lipinski definition) is 4. The average Bonchev–Trinajstić information content (AvgIpc) is 4.00. The fourth-order valence-electron chi connectivity index (χ4n) is 8.55. The number of nitrogens with one attached hydrogen (secondary N) is 4. The number of rotatable bonds is 18. The lowest BCUT2D eigenvalue weighted by atomic mass is 9.94. The van der Waals surface area contributed by atoms with E-state index in [0.717, 1.165) is 22.3 Å². The smallest absolute Gasteiger partial charge is 0.253 e. The van der Waals surface area contributed by atoms with Gasteiger partial charge in [0.25, 0.3) is 11.8 Å². The summed E-state index contributed by atoms with van der Waals surface area (Å²) in [6.45, 7) is 1.50. The van der Waals surface area contributed by atoms with Crippen molar-refractivity contribution in [3.63, 3.8) is 0 Å². The van der Waals surface area contributed by atoms with E-state index >= 15 is 0 Å². The predicted octanol–water partition coefficient (Wildman–Crippen LogP) is 4.64. The SMILES string of the molecule is O=C(NCCc1ccccc1)[C@H]1CN(C(=O)c2ccc(C(=O)N3C[C@H](C(=O)NCCc4ccccc4)[C@@H](C(=O)NCCc4ccc(F)cc4)C3)cc2)C[C@@H]1C(=O)NCCc1ccccc1. The Kier molecular flexibility index (Phi) is 15.8. The van der Waals surface area contributed by atoms with Gasteiger partial charge in [-0.05, 0) is 84.3 Å². The summed E-state index contributed by atoms with van der Waals surface area (Å²) in [4.78, 5) is 85.5. The number of halogens is 1. The highest BCUT2D eigenvalue weighted by Crippen LogP contribution is 2.28. The van der Waals surface area contributed by atoms with E-state index in [0.29, 0.717) is 45.3 Å². The summed E-state index contributed by atoms with van der Waals surface area (Å²) < 4.78 is 13.4. The Morgan fingerprint density at radius 2 is 0.646 bits per heavy atom. The van der Waals surface area contributed by atoms with Crippen LogP contribution in [0.5, 0.6) is 0 Å². The first kappa shape index (κ1) is 45.9. The minimum Gasteiger partial charge on any atom is -0.355 e. The molecule has 13 heteroatoms. The van der Waals surface area contributed by atoms with Gasteiger partial charge in [0.1, 0.15) is 5.82 Å². The van der Waals surface area contributed by atoms with E-state index in [1.54, 1.807) is 24.3 Å². The molecule has 0 spiro atoms. The van der Waals surface area contributed by atoms with E-state index in [9.17, 15) is 33.2 Å². The van der Waals surface area contributed by atoms with Crippen molar-refractivity contribution < 1.29 is 33.2 Å². The number of amides is 6. The fraction of sp³-hybridized carbons (Fsp3) is 0.308. The molecule has 7 rings (SSSR count). The van der Waals surface area contributed by atoms with Gasteiger partial charge in [0.05, 0.1) is 23.7 Å². The van der Waals surface area contributed by atoms with Gasteiger partial charge in [-0.3, -0.25) is 28.8 Å². The summed E-state index contributed by atoms with van der Waals surface area (Å²) in [5, 5.41) is 11.8. The summed E-state index contributed by atoms with van der Waals surface area (Å²) in [7, 11) is 0. The molecule has 0 radical (unpaired) electrons. The first-order valence-electron chi connectivity index (χ1n) is 22.3. The zero-order chi connectivity index (χ0) is 45.5. The molecule has 0 aliphatic carbocycles. The van der Waals surface area contributed by atoms with Crippen LogP contribution in [0.4, 0.5) is 4.39 Å². The Hall–Kier alpha value is -7.15. The highest BCUT2D eigenvalue weighted by molar-refractivity contribution is 6.00. The molecule has 2 saturated heterocycles. The molecule has 4 atom stereocenters. The van der Waals surface area contributed by atoms with E-state index < -0.39 is 29.6 Å². The van der Waals surface area contributed by atoms with Gasteiger partial charge < -0.3 is 31.1 Å². The van der Waals surface area contributed by atoms with Gasteiger partial charge in [-0.15, -0.1) is 0 Å². The molecule has 6 amide bonds. The van der Waals surface area contributed by atoms with Crippen molar-refractivity contribution in [2.75, 3.05) is 52.4 Å². The van der Waals surface area contributed by atoms with Gasteiger partial charge in [0.15, 0.2) is 0 Å². The number of nitrogens with zero attached hydrogens (tertiary/aromatic N) is 2. The quantitative estimate of drug-likeness (QED) is 0.101. The molecule has 0 unspecified atom stereocenters. The Balaban J connectivity index is 0.989. The van der Waals surface area contributed by atoms with Crippen LogP contribution in [0.25, 0.3) is 0 Å². The normalized spacial score (nSPS) is 17.9. The number of likely N-dealkylation sites (tertiary alicyclic amines) is 2. The van der Waals surface area contributed by atoms with Gasteiger partial charge >= 0.3 is 0 Å². The Morgan fingerprint density at radius 1 is 0.385 bits per heavy atom. The highest BCUT2D eigenvalue weighted by Gasteiger charge is 2.45. The van der Waals surface area contributed by atoms with Crippen molar-refractivity contribution in [1.29, 1.82) is 0 Å². The molecule has 2 aliphatic heterocycles. The lowest BCUT2D eigenvalue weighted by Crippen LogP contribution is -2.42. The summed E-state index contributed by atoms with van der Waals surface area (Å²) in [5.41, 5.74) is 4.59. The lowest BCUT2D eigenvalue weighted by molar-refractivity contribution is -0.132. The fourth-order valence-corrected chi connectivity index (χ4v) is 8.55. The van der Waals surface area contributed by atoms with E-state index in [4.69, 9.17) is 0 Å². The monoisotopic (exact) mass is 878 g/mol. The molecule has 0 bridgehead atoms. The van der Waals surface area contributed by atoms with Gasteiger partial charge in [0, 0.05) is 63.5 Å². The molecule has 2 heterocycles. The highest BCUT2D eigenvalue weighted by atomic mass is 19.1. The van der Waals surface area contributed by atoms with Gasteiger partial charge in [0.2, 0.25) is 23.6 Å². The van der Waals surface area contributed by atoms with Crippen LogP contribution in [0.15, 0.2) is 140 Å².